The number of benzene rings is 1. The molecule has 0 aliphatic carbocycles. The van der Waals surface area contributed by atoms with Crippen LogP contribution in [0.4, 0.5) is 4.79 Å². The van der Waals surface area contributed by atoms with E-state index < -0.39 is 23.7 Å². The zero-order valence-corrected chi connectivity index (χ0v) is 12.4. The molecule has 0 bridgehead atoms. The van der Waals surface area contributed by atoms with Crippen molar-refractivity contribution in [1.82, 2.24) is 5.32 Å². The van der Waals surface area contributed by atoms with Crippen LogP contribution in [0.2, 0.25) is 5.02 Å². The first-order chi connectivity index (χ1) is 9.19. The number of hydrogen-bond donors (Lipinski definition) is 1. The van der Waals surface area contributed by atoms with Crippen molar-refractivity contribution >= 4 is 23.7 Å². The summed E-state index contributed by atoms with van der Waals surface area (Å²) in [6, 6.07) is 5.89. The van der Waals surface area contributed by atoms with Gasteiger partial charge in [-0.2, -0.15) is 0 Å². The Morgan fingerprint density at radius 1 is 1.35 bits per heavy atom. The molecule has 0 aliphatic heterocycles. The molecule has 20 heavy (non-hydrogen) atoms. The average Bonchev–Trinajstić information content (AvgIpc) is 2.25. The second kappa shape index (κ2) is 6.61. The number of nitrogens with one attached hydrogen (secondary N) is 1. The van der Waals surface area contributed by atoms with E-state index >= 15 is 0 Å². The van der Waals surface area contributed by atoms with Crippen molar-refractivity contribution in [3.05, 3.63) is 34.9 Å². The summed E-state index contributed by atoms with van der Waals surface area (Å²) < 4.78 is 5.10. The second-order valence-electron chi connectivity index (χ2n) is 5.30. The lowest BCUT2D eigenvalue weighted by molar-refractivity contribution is -0.306. The van der Waals surface area contributed by atoms with Gasteiger partial charge in [0, 0.05) is 17.4 Å². The highest BCUT2D eigenvalue weighted by molar-refractivity contribution is 6.31. The van der Waals surface area contributed by atoms with E-state index in [2.05, 4.69) is 5.32 Å². The van der Waals surface area contributed by atoms with Crippen LogP contribution in [0.3, 0.4) is 0 Å². The highest BCUT2D eigenvalue weighted by Crippen LogP contribution is 2.25. The van der Waals surface area contributed by atoms with Gasteiger partial charge in [-0.3, -0.25) is 0 Å². The molecule has 0 spiro atoms. The zero-order valence-electron chi connectivity index (χ0n) is 11.6. The van der Waals surface area contributed by atoms with E-state index in [0.29, 0.717) is 10.6 Å². The quantitative estimate of drug-likeness (QED) is 0.922. The van der Waals surface area contributed by atoms with Gasteiger partial charge < -0.3 is 20.0 Å². The first-order valence-corrected chi connectivity index (χ1v) is 6.50. The van der Waals surface area contributed by atoms with Gasteiger partial charge in [0.05, 0.1) is 6.04 Å². The summed E-state index contributed by atoms with van der Waals surface area (Å²) >= 11 is 6.01. The number of hydrogen-bond acceptors (Lipinski definition) is 4. The number of aliphatic carboxylic acids is 1. The third-order valence-electron chi connectivity index (χ3n) is 2.34. The van der Waals surface area contributed by atoms with Crippen molar-refractivity contribution in [2.45, 2.75) is 38.8 Å². The largest absolute Gasteiger partial charge is 0.550 e. The fraction of sp³-hybridized carbons (Fsp3) is 0.429. The van der Waals surface area contributed by atoms with E-state index in [1.807, 2.05) is 0 Å². The summed E-state index contributed by atoms with van der Waals surface area (Å²) in [6.45, 7) is 5.15. The molecule has 0 aliphatic rings. The molecule has 0 saturated carbocycles. The Kier molecular flexibility index (Phi) is 5.39. The molecule has 0 radical (unpaired) electrons. The smallest absolute Gasteiger partial charge is 0.408 e. The van der Waals surface area contributed by atoms with Crippen molar-refractivity contribution in [3.8, 4) is 0 Å². The maximum atomic E-state index is 11.7. The predicted molar refractivity (Wildman–Crippen MR) is 73.2 cm³/mol. The van der Waals surface area contributed by atoms with Crippen LogP contribution >= 0.6 is 11.6 Å². The highest BCUT2D eigenvalue weighted by Gasteiger charge is 2.21. The van der Waals surface area contributed by atoms with Crippen LogP contribution in [0.1, 0.15) is 38.8 Å². The molecule has 0 fully saturated rings. The number of rotatable bonds is 4. The van der Waals surface area contributed by atoms with Gasteiger partial charge in [0.1, 0.15) is 5.60 Å². The van der Waals surface area contributed by atoms with Gasteiger partial charge >= 0.3 is 6.09 Å². The molecule has 0 saturated heterocycles. The molecular formula is C14H17ClNO4-. The minimum absolute atomic E-state index is 0.370. The Morgan fingerprint density at radius 2 is 1.95 bits per heavy atom. The molecule has 1 aromatic rings. The number of halogens is 1. The van der Waals surface area contributed by atoms with E-state index in [0.717, 1.165) is 0 Å². The number of carbonyl (C=O) groups is 2. The standard InChI is InChI=1S/C14H18ClNO4/c1-14(2,3)20-13(19)16-11(8-12(17)18)9-6-4-5-7-10(9)15/h4-7,11H,8H2,1-3H3,(H,16,19)(H,17,18)/p-1/t11-/m1/s1. The predicted octanol–water partition coefficient (Wildman–Crippen LogP) is 2.05. The molecule has 0 aromatic heterocycles. The normalized spacial score (nSPS) is 12.6. The van der Waals surface area contributed by atoms with Crippen LogP contribution < -0.4 is 10.4 Å². The van der Waals surface area contributed by atoms with E-state index in [1.165, 1.54) is 0 Å². The molecule has 1 aromatic carbocycles. The summed E-state index contributed by atoms with van der Waals surface area (Å²) in [5, 5.41) is 13.7. The van der Waals surface area contributed by atoms with Crippen molar-refractivity contribution in [3.63, 3.8) is 0 Å². The number of carboxylic acids is 1. The Balaban J connectivity index is 2.88. The van der Waals surface area contributed by atoms with Gasteiger partial charge in [0.15, 0.2) is 0 Å². The van der Waals surface area contributed by atoms with Crippen LogP contribution in [0.15, 0.2) is 24.3 Å². The van der Waals surface area contributed by atoms with Crippen molar-refractivity contribution in [1.29, 1.82) is 0 Å². The maximum Gasteiger partial charge on any atom is 0.408 e. The highest BCUT2D eigenvalue weighted by atomic mass is 35.5. The number of amides is 1. The van der Waals surface area contributed by atoms with Crippen LogP contribution in [0.5, 0.6) is 0 Å². The van der Waals surface area contributed by atoms with Gasteiger partial charge in [0.25, 0.3) is 0 Å². The molecule has 1 rings (SSSR count). The Bertz CT molecular complexity index is 496. The van der Waals surface area contributed by atoms with Gasteiger partial charge in [-0.15, -0.1) is 0 Å². The molecule has 0 unspecified atom stereocenters. The average molecular weight is 299 g/mol. The number of carbonyl (C=O) groups excluding carboxylic acids is 2. The number of carboxylic acid groups (broad SMARTS) is 1. The van der Waals surface area contributed by atoms with Crippen LogP contribution in [0, 0.1) is 0 Å². The summed E-state index contributed by atoms with van der Waals surface area (Å²) in [7, 11) is 0. The van der Waals surface area contributed by atoms with Crippen molar-refractivity contribution < 1.29 is 19.4 Å². The van der Waals surface area contributed by atoms with Crippen LogP contribution in [-0.4, -0.2) is 17.7 Å². The fourth-order valence-corrected chi connectivity index (χ4v) is 1.88. The number of alkyl carbamates (subject to hydrolysis) is 1. The van der Waals surface area contributed by atoms with Crippen LogP contribution in [-0.2, 0) is 9.53 Å². The van der Waals surface area contributed by atoms with Crippen LogP contribution in [0.25, 0.3) is 0 Å². The molecular weight excluding hydrogens is 282 g/mol. The lowest BCUT2D eigenvalue weighted by Crippen LogP contribution is -2.37. The molecule has 1 amide bonds. The van der Waals surface area contributed by atoms with E-state index in [9.17, 15) is 14.7 Å². The monoisotopic (exact) mass is 298 g/mol. The van der Waals surface area contributed by atoms with Crippen molar-refractivity contribution in [2.24, 2.45) is 0 Å². The van der Waals surface area contributed by atoms with Gasteiger partial charge in [-0.1, -0.05) is 29.8 Å². The first-order valence-electron chi connectivity index (χ1n) is 6.13. The summed E-state index contributed by atoms with van der Waals surface area (Å²) in [5.74, 6) is -1.29. The number of ether oxygens (including phenoxy) is 1. The molecule has 1 N–H and O–H groups in total. The molecule has 0 heterocycles. The summed E-state index contributed by atoms with van der Waals surface area (Å²) in [5.41, 5.74) is -0.166. The maximum absolute atomic E-state index is 11.7. The summed E-state index contributed by atoms with van der Waals surface area (Å²) in [4.78, 5) is 22.6. The minimum atomic E-state index is -1.29. The van der Waals surface area contributed by atoms with E-state index in [4.69, 9.17) is 16.3 Å². The Hall–Kier alpha value is -1.75. The third kappa shape index (κ3) is 5.48. The zero-order chi connectivity index (χ0) is 15.3. The van der Waals surface area contributed by atoms with E-state index in [1.54, 1.807) is 45.0 Å². The topological polar surface area (TPSA) is 78.5 Å². The first kappa shape index (κ1) is 16.3. The molecule has 110 valence electrons. The SMILES string of the molecule is CC(C)(C)OC(=O)N[C@H](CC(=O)[O-])c1ccccc1Cl. The molecule has 6 heteroatoms. The van der Waals surface area contributed by atoms with Gasteiger partial charge in [0.2, 0.25) is 0 Å². The van der Waals surface area contributed by atoms with Crippen molar-refractivity contribution in [2.75, 3.05) is 0 Å². The lowest BCUT2D eigenvalue weighted by Gasteiger charge is -2.24. The Morgan fingerprint density at radius 3 is 2.45 bits per heavy atom. The van der Waals surface area contributed by atoms with Gasteiger partial charge in [-0.25, -0.2) is 4.79 Å². The summed E-state index contributed by atoms with van der Waals surface area (Å²) in [6.07, 6.45) is -1.09. The molecule has 1 atom stereocenters. The van der Waals surface area contributed by atoms with E-state index in [-0.39, 0.29) is 6.42 Å². The third-order valence-corrected chi connectivity index (χ3v) is 2.69. The lowest BCUT2D eigenvalue weighted by atomic mass is 10.0. The second-order valence-corrected chi connectivity index (χ2v) is 5.70. The van der Waals surface area contributed by atoms with Gasteiger partial charge in [-0.05, 0) is 32.4 Å². The molecule has 5 nitrogen and oxygen atoms in total. The minimum Gasteiger partial charge on any atom is -0.550 e. The Labute approximate surface area is 122 Å². The fourth-order valence-electron chi connectivity index (χ4n) is 1.61.